The summed E-state index contributed by atoms with van der Waals surface area (Å²) in [6.07, 6.45) is 23.6. The van der Waals surface area contributed by atoms with Crippen LogP contribution < -0.4 is 4.57 Å². The fourth-order valence-electron chi connectivity index (χ4n) is 3.96. The van der Waals surface area contributed by atoms with E-state index in [2.05, 4.69) is 49.6 Å². The quantitative estimate of drug-likeness (QED) is 0.236. The van der Waals surface area contributed by atoms with Crippen molar-refractivity contribution in [3.63, 3.8) is 0 Å². The van der Waals surface area contributed by atoms with E-state index in [0.29, 0.717) is 12.0 Å². The molecule has 0 spiro atoms. The van der Waals surface area contributed by atoms with Crippen LogP contribution in [0, 0.1) is 0 Å². The van der Waals surface area contributed by atoms with E-state index in [0.717, 1.165) is 0 Å². The predicted octanol–water partition coefficient (Wildman–Crippen LogP) is 7.47. The molecule has 0 amide bonds. The van der Waals surface area contributed by atoms with Gasteiger partial charge in [0.25, 0.3) is 5.82 Å². The van der Waals surface area contributed by atoms with E-state index in [9.17, 15) is 0 Å². The van der Waals surface area contributed by atoms with Gasteiger partial charge in [-0.1, -0.05) is 85.0 Å². The SMILES string of the molecule is CCCCCCCCCCC(C)[n+]1cc[nH]c1C(CC)CCCCC. The third-order valence-electron chi connectivity index (χ3n) is 5.73. The van der Waals surface area contributed by atoms with E-state index < -0.39 is 0 Å². The van der Waals surface area contributed by atoms with Crippen LogP contribution in [0.15, 0.2) is 12.4 Å². The van der Waals surface area contributed by atoms with Crippen molar-refractivity contribution < 1.29 is 4.57 Å². The van der Waals surface area contributed by atoms with Crippen LogP contribution in [0.2, 0.25) is 0 Å². The van der Waals surface area contributed by atoms with Crippen molar-refractivity contribution in [2.24, 2.45) is 0 Å². The van der Waals surface area contributed by atoms with Crippen molar-refractivity contribution >= 4 is 0 Å². The zero-order valence-electron chi connectivity index (χ0n) is 17.7. The van der Waals surface area contributed by atoms with Crippen molar-refractivity contribution in [1.29, 1.82) is 0 Å². The molecular formula is C23H45N2+. The minimum atomic E-state index is 0.626. The molecule has 0 aliphatic heterocycles. The van der Waals surface area contributed by atoms with Crippen molar-refractivity contribution in [3.8, 4) is 0 Å². The highest BCUT2D eigenvalue weighted by molar-refractivity contribution is 4.89. The van der Waals surface area contributed by atoms with E-state index in [1.54, 1.807) is 0 Å². The van der Waals surface area contributed by atoms with E-state index >= 15 is 0 Å². The molecule has 146 valence electrons. The van der Waals surface area contributed by atoms with Crippen LogP contribution in [-0.2, 0) is 0 Å². The molecule has 0 aliphatic rings. The zero-order valence-corrected chi connectivity index (χ0v) is 17.7. The topological polar surface area (TPSA) is 19.7 Å². The lowest BCUT2D eigenvalue weighted by molar-refractivity contribution is -0.727. The Morgan fingerprint density at radius 2 is 1.36 bits per heavy atom. The van der Waals surface area contributed by atoms with Crippen LogP contribution in [-0.4, -0.2) is 4.98 Å². The molecule has 1 heterocycles. The number of H-pyrrole nitrogens is 1. The van der Waals surface area contributed by atoms with Gasteiger partial charge in [0.05, 0.1) is 12.0 Å². The number of unbranched alkanes of at least 4 members (excludes halogenated alkanes) is 9. The summed E-state index contributed by atoms with van der Waals surface area (Å²) in [4.78, 5) is 3.56. The molecule has 1 aromatic rings. The molecule has 0 saturated carbocycles. The monoisotopic (exact) mass is 349 g/mol. The number of imidazole rings is 1. The molecule has 0 bridgehead atoms. The van der Waals surface area contributed by atoms with Gasteiger partial charge in [0.1, 0.15) is 12.4 Å². The highest BCUT2D eigenvalue weighted by Gasteiger charge is 2.24. The first kappa shape index (κ1) is 22.3. The van der Waals surface area contributed by atoms with Crippen LogP contribution in [0.5, 0.6) is 0 Å². The number of aromatic amines is 1. The molecule has 1 aromatic heterocycles. The Kier molecular flexibility index (Phi) is 12.8. The molecule has 1 N–H and O–H groups in total. The molecule has 0 aliphatic carbocycles. The average Bonchev–Trinajstić information content (AvgIpc) is 3.10. The lowest BCUT2D eigenvalue weighted by Crippen LogP contribution is -2.41. The van der Waals surface area contributed by atoms with E-state index in [4.69, 9.17) is 0 Å². The summed E-state index contributed by atoms with van der Waals surface area (Å²) in [5, 5.41) is 0. The van der Waals surface area contributed by atoms with Crippen LogP contribution in [0.3, 0.4) is 0 Å². The normalized spacial score (nSPS) is 13.9. The van der Waals surface area contributed by atoms with Crippen molar-refractivity contribution in [2.75, 3.05) is 0 Å². The number of hydrogen-bond donors (Lipinski definition) is 1. The number of aromatic nitrogens is 2. The molecule has 0 aromatic carbocycles. The minimum absolute atomic E-state index is 0.626. The Hall–Kier alpha value is -0.790. The standard InChI is InChI=1S/C23H44N2/c1-5-8-10-11-12-13-14-16-17-21(4)25-20-19-24-23(25)22(7-3)18-15-9-6-2/h19-22H,5-18H2,1-4H3/p+1. The molecule has 2 unspecified atom stereocenters. The fraction of sp³-hybridized carbons (Fsp3) is 0.870. The smallest absolute Gasteiger partial charge is 0.247 e. The predicted molar refractivity (Wildman–Crippen MR) is 110 cm³/mol. The number of hydrogen-bond acceptors (Lipinski definition) is 0. The van der Waals surface area contributed by atoms with E-state index in [1.165, 1.54) is 95.7 Å². The fourth-order valence-corrected chi connectivity index (χ4v) is 3.96. The Morgan fingerprint density at radius 3 is 2.00 bits per heavy atom. The molecule has 25 heavy (non-hydrogen) atoms. The van der Waals surface area contributed by atoms with Gasteiger partial charge in [0.15, 0.2) is 0 Å². The molecule has 0 fully saturated rings. The lowest BCUT2D eigenvalue weighted by atomic mass is 9.97. The maximum absolute atomic E-state index is 3.56. The van der Waals surface area contributed by atoms with E-state index in [-0.39, 0.29) is 0 Å². The van der Waals surface area contributed by atoms with Gasteiger partial charge in [-0.2, -0.15) is 0 Å². The molecule has 0 saturated heterocycles. The second kappa shape index (κ2) is 14.4. The summed E-state index contributed by atoms with van der Waals surface area (Å²) >= 11 is 0. The first-order chi connectivity index (χ1) is 12.2. The van der Waals surface area contributed by atoms with Gasteiger partial charge in [-0.25, -0.2) is 9.55 Å². The summed E-state index contributed by atoms with van der Waals surface area (Å²) < 4.78 is 2.53. The Labute approximate surface area is 157 Å². The number of nitrogens with one attached hydrogen (secondary N) is 1. The second-order valence-corrected chi connectivity index (χ2v) is 7.97. The number of nitrogens with zero attached hydrogens (tertiary/aromatic N) is 1. The van der Waals surface area contributed by atoms with Crippen LogP contribution in [0.1, 0.15) is 135 Å². The Balaban J connectivity index is 2.33. The van der Waals surface area contributed by atoms with Gasteiger partial charge in [-0.15, -0.1) is 0 Å². The third-order valence-corrected chi connectivity index (χ3v) is 5.73. The van der Waals surface area contributed by atoms with Crippen LogP contribution >= 0.6 is 0 Å². The zero-order chi connectivity index (χ0) is 18.3. The summed E-state index contributed by atoms with van der Waals surface area (Å²) in [5.41, 5.74) is 0. The molecular weight excluding hydrogens is 304 g/mol. The Morgan fingerprint density at radius 1 is 0.800 bits per heavy atom. The van der Waals surface area contributed by atoms with Gasteiger partial charge in [-0.3, -0.25) is 0 Å². The van der Waals surface area contributed by atoms with Crippen molar-refractivity contribution in [3.05, 3.63) is 18.2 Å². The van der Waals surface area contributed by atoms with Gasteiger partial charge >= 0.3 is 0 Å². The van der Waals surface area contributed by atoms with Gasteiger partial charge in [0, 0.05) is 0 Å². The lowest BCUT2D eigenvalue weighted by Gasteiger charge is -2.15. The molecule has 2 atom stereocenters. The van der Waals surface area contributed by atoms with Crippen molar-refractivity contribution in [2.45, 2.75) is 130 Å². The van der Waals surface area contributed by atoms with E-state index in [1.807, 2.05) is 0 Å². The van der Waals surface area contributed by atoms with Crippen LogP contribution in [0.25, 0.3) is 0 Å². The highest BCUT2D eigenvalue weighted by Crippen LogP contribution is 2.23. The maximum Gasteiger partial charge on any atom is 0.257 e. The largest absolute Gasteiger partial charge is 0.257 e. The third kappa shape index (κ3) is 8.92. The van der Waals surface area contributed by atoms with Gasteiger partial charge in [0.2, 0.25) is 0 Å². The summed E-state index contributed by atoms with van der Waals surface area (Å²) in [6, 6.07) is 0.626. The molecule has 2 nitrogen and oxygen atoms in total. The van der Waals surface area contributed by atoms with Crippen LogP contribution in [0.4, 0.5) is 0 Å². The van der Waals surface area contributed by atoms with Gasteiger partial charge in [-0.05, 0) is 32.6 Å². The average molecular weight is 350 g/mol. The highest BCUT2D eigenvalue weighted by atomic mass is 15.1. The maximum atomic E-state index is 3.56. The first-order valence-corrected chi connectivity index (χ1v) is 11.3. The second-order valence-electron chi connectivity index (χ2n) is 7.97. The van der Waals surface area contributed by atoms with Crippen molar-refractivity contribution in [1.82, 2.24) is 4.98 Å². The van der Waals surface area contributed by atoms with Gasteiger partial charge < -0.3 is 0 Å². The first-order valence-electron chi connectivity index (χ1n) is 11.3. The minimum Gasteiger partial charge on any atom is -0.247 e. The summed E-state index contributed by atoms with van der Waals surface area (Å²) in [6.45, 7) is 9.32. The molecule has 2 heteroatoms. The number of rotatable bonds is 16. The molecule has 0 radical (unpaired) electrons. The summed E-state index contributed by atoms with van der Waals surface area (Å²) in [5.74, 6) is 2.16. The Bertz CT molecular complexity index is 410. The molecule has 1 rings (SSSR count). The summed E-state index contributed by atoms with van der Waals surface area (Å²) in [7, 11) is 0.